The van der Waals surface area contributed by atoms with Crippen LogP contribution in [0.2, 0.25) is 0 Å². The van der Waals surface area contributed by atoms with Crippen molar-refractivity contribution >= 4 is 23.4 Å². The van der Waals surface area contributed by atoms with Crippen LogP contribution in [0.1, 0.15) is 13.8 Å². The number of phenolic OH excluding ortho intramolecular Hbond substituents is 4. The first-order chi connectivity index (χ1) is 14.8. The molecule has 0 fully saturated rings. The van der Waals surface area contributed by atoms with E-state index in [1.54, 1.807) is 0 Å². The molecular weight excluding hydrogens is 442 g/mol. The van der Waals surface area contributed by atoms with Gasteiger partial charge in [0, 0.05) is 24.2 Å². The van der Waals surface area contributed by atoms with Gasteiger partial charge in [-0.25, -0.2) is 0 Å². The molecule has 4 N–H and O–H groups in total. The molecule has 0 saturated heterocycles. The number of aromatic hydroxyl groups is 4. The summed E-state index contributed by atoms with van der Waals surface area (Å²) in [6, 6.07) is 5.04. The molecule has 1 heterocycles. The fourth-order valence-electron chi connectivity index (χ4n) is 3.28. The van der Waals surface area contributed by atoms with Crippen LogP contribution in [-0.2, 0) is 0 Å². The third-order valence-corrected chi connectivity index (χ3v) is 5.01. The molecule has 0 aliphatic rings. The Bertz CT molecular complexity index is 1130. The Balaban J connectivity index is 0.00000363. The molecule has 0 amide bonds. The number of hydrogen-bond donors (Lipinski definition) is 4. The number of methoxy groups -OCH3 is 1. The predicted octanol–water partition coefficient (Wildman–Crippen LogP) is 3.43. The van der Waals surface area contributed by atoms with Crippen molar-refractivity contribution in [3.8, 4) is 45.8 Å². The van der Waals surface area contributed by atoms with E-state index in [0.29, 0.717) is 18.9 Å². The van der Waals surface area contributed by atoms with E-state index in [-0.39, 0.29) is 46.2 Å². The molecule has 1 aromatic heterocycles. The Morgan fingerprint density at radius 2 is 1.59 bits per heavy atom. The average Bonchev–Trinajstić information content (AvgIpc) is 2.74. The van der Waals surface area contributed by atoms with E-state index >= 15 is 0 Å². The number of nitrogens with zero attached hydrogens (tertiary/aromatic N) is 1. The summed E-state index contributed by atoms with van der Waals surface area (Å²) in [4.78, 5) is 15.1. The van der Waals surface area contributed by atoms with E-state index in [0.717, 1.165) is 25.2 Å². The van der Waals surface area contributed by atoms with Gasteiger partial charge in [-0.15, -0.1) is 12.4 Å². The topological polar surface area (TPSA) is 133 Å². The van der Waals surface area contributed by atoms with Crippen LogP contribution in [0.4, 0.5) is 0 Å². The molecule has 0 radical (unpaired) electrons. The van der Waals surface area contributed by atoms with Gasteiger partial charge < -0.3 is 39.2 Å². The van der Waals surface area contributed by atoms with Crippen molar-refractivity contribution in [2.75, 3.05) is 33.4 Å². The molecular formula is C22H26ClNO8. The predicted molar refractivity (Wildman–Crippen MR) is 122 cm³/mol. The number of rotatable bonds is 8. The number of phenols is 4. The van der Waals surface area contributed by atoms with Crippen LogP contribution in [0.5, 0.6) is 34.5 Å². The fraction of sp³-hybridized carbons (Fsp3) is 0.318. The monoisotopic (exact) mass is 467 g/mol. The lowest BCUT2D eigenvalue weighted by molar-refractivity contribution is 0.222. The van der Waals surface area contributed by atoms with Gasteiger partial charge in [-0.2, -0.15) is 0 Å². The molecule has 0 aliphatic carbocycles. The van der Waals surface area contributed by atoms with Crippen molar-refractivity contribution < 1.29 is 34.3 Å². The van der Waals surface area contributed by atoms with Crippen molar-refractivity contribution in [2.45, 2.75) is 13.8 Å². The van der Waals surface area contributed by atoms with Crippen molar-refractivity contribution in [3.63, 3.8) is 0 Å². The molecule has 0 aliphatic heterocycles. The normalized spacial score (nSPS) is 10.9. The van der Waals surface area contributed by atoms with Gasteiger partial charge in [-0.1, -0.05) is 13.8 Å². The number of halogens is 1. The van der Waals surface area contributed by atoms with Gasteiger partial charge >= 0.3 is 0 Å². The Hall–Kier alpha value is -3.30. The number of benzene rings is 2. The highest BCUT2D eigenvalue weighted by atomic mass is 35.5. The highest BCUT2D eigenvalue weighted by Gasteiger charge is 2.22. The highest BCUT2D eigenvalue weighted by molar-refractivity contribution is 5.88. The number of fused-ring (bicyclic) bond motifs is 1. The molecule has 2 aromatic carbocycles. The summed E-state index contributed by atoms with van der Waals surface area (Å²) in [5.41, 5.74) is -0.514. The first kappa shape index (κ1) is 25.0. The second kappa shape index (κ2) is 10.3. The molecule has 0 bridgehead atoms. The molecule has 174 valence electrons. The maximum atomic E-state index is 12.9. The quantitative estimate of drug-likeness (QED) is 0.367. The SMILES string of the molecule is CCN(CC)CCOc1cc(O)c2c(=O)c(OC)c(-c3cc(O)c(O)c(O)c3)oc2c1.Cl. The molecule has 32 heavy (non-hydrogen) atoms. The van der Waals surface area contributed by atoms with Gasteiger partial charge in [-0.3, -0.25) is 4.79 Å². The van der Waals surface area contributed by atoms with Crippen LogP contribution in [0.15, 0.2) is 33.5 Å². The van der Waals surface area contributed by atoms with Crippen LogP contribution in [0.25, 0.3) is 22.3 Å². The van der Waals surface area contributed by atoms with Gasteiger partial charge in [0.05, 0.1) is 7.11 Å². The Morgan fingerprint density at radius 1 is 0.969 bits per heavy atom. The van der Waals surface area contributed by atoms with Crippen LogP contribution in [0, 0.1) is 0 Å². The molecule has 10 heteroatoms. The van der Waals surface area contributed by atoms with Gasteiger partial charge in [-0.05, 0) is 25.2 Å². The zero-order valence-corrected chi connectivity index (χ0v) is 18.7. The van der Waals surface area contributed by atoms with E-state index in [9.17, 15) is 25.2 Å². The Morgan fingerprint density at radius 3 is 2.16 bits per heavy atom. The van der Waals surface area contributed by atoms with E-state index in [2.05, 4.69) is 4.90 Å². The molecule has 0 spiro atoms. The van der Waals surface area contributed by atoms with Crippen molar-refractivity contribution in [2.24, 2.45) is 0 Å². The summed E-state index contributed by atoms with van der Waals surface area (Å²) >= 11 is 0. The Labute approximate surface area is 190 Å². The van der Waals surface area contributed by atoms with Crippen LogP contribution >= 0.6 is 12.4 Å². The van der Waals surface area contributed by atoms with E-state index in [1.807, 2.05) is 13.8 Å². The van der Waals surface area contributed by atoms with E-state index in [4.69, 9.17) is 13.9 Å². The largest absolute Gasteiger partial charge is 0.507 e. The van der Waals surface area contributed by atoms with E-state index < -0.39 is 22.7 Å². The zero-order chi connectivity index (χ0) is 22.7. The lowest BCUT2D eigenvalue weighted by Crippen LogP contribution is -2.27. The standard InChI is InChI=1S/C22H25NO8.ClH/c1-4-23(5-2)6-7-30-13-10-14(24)18-17(11-13)31-21(22(29-3)20(18)28)12-8-15(25)19(27)16(26)9-12;/h8-11,24-27H,4-7H2,1-3H3;1H. The minimum absolute atomic E-state index is 0. The second-order valence-electron chi connectivity index (χ2n) is 6.85. The molecule has 0 saturated carbocycles. The molecule has 9 nitrogen and oxygen atoms in total. The van der Waals surface area contributed by atoms with Gasteiger partial charge in [0.1, 0.15) is 29.1 Å². The summed E-state index contributed by atoms with van der Waals surface area (Å²) in [5.74, 6) is -2.24. The number of hydrogen-bond acceptors (Lipinski definition) is 9. The lowest BCUT2D eigenvalue weighted by Gasteiger charge is -2.18. The van der Waals surface area contributed by atoms with Gasteiger partial charge in [0.15, 0.2) is 23.0 Å². The van der Waals surface area contributed by atoms with Gasteiger partial charge in [0.2, 0.25) is 11.2 Å². The maximum Gasteiger partial charge on any atom is 0.239 e. The first-order valence-corrected chi connectivity index (χ1v) is 9.78. The smallest absolute Gasteiger partial charge is 0.239 e. The summed E-state index contributed by atoms with van der Waals surface area (Å²) in [6.07, 6.45) is 0. The molecule has 3 rings (SSSR count). The van der Waals surface area contributed by atoms with Crippen LogP contribution in [-0.4, -0.2) is 58.7 Å². The number of ether oxygens (including phenoxy) is 2. The van der Waals surface area contributed by atoms with Crippen LogP contribution < -0.4 is 14.9 Å². The number of likely N-dealkylation sites (N-methyl/N-ethyl adjacent to an activating group) is 1. The summed E-state index contributed by atoms with van der Waals surface area (Å²) in [7, 11) is 1.25. The third kappa shape index (κ3) is 4.79. The summed E-state index contributed by atoms with van der Waals surface area (Å²) in [5, 5.41) is 39.6. The Kier molecular flexibility index (Phi) is 8.07. The van der Waals surface area contributed by atoms with Crippen molar-refractivity contribution in [1.29, 1.82) is 0 Å². The fourth-order valence-corrected chi connectivity index (χ4v) is 3.28. The van der Waals surface area contributed by atoms with Crippen molar-refractivity contribution in [3.05, 3.63) is 34.5 Å². The maximum absolute atomic E-state index is 12.9. The average molecular weight is 468 g/mol. The zero-order valence-electron chi connectivity index (χ0n) is 17.9. The highest BCUT2D eigenvalue weighted by Crippen LogP contribution is 2.42. The lowest BCUT2D eigenvalue weighted by atomic mass is 10.1. The van der Waals surface area contributed by atoms with Crippen LogP contribution in [0.3, 0.4) is 0 Å². The molecule has 0 unspecified atom stereocenters. The van der Waals surface area contributed by atoms with E-state index in [1.165, 1.54) is 19.2 Å². The van der Waals surface area contributed by atoms with Gasteiger partial charge in [0.25, 0.3) is 0 Å². The summed E-state index contributed by atoms with van der Waals surface area (Å²) in [6.45, 7) is 6.93. The third-order valence-electron chi connectivity index (χ3n) is 5.01. The summed E-state index contributed by atoms with van der Waals surface area (Å²) < 4.78 is 16.7. The molecule has 3 aromatic rings. The molecule has 0 atom stereocenters. The first-order valence-electron chi connectivity index (χ1n) is 9.78. The minimum Gasteiger partial charge on any atom is -0.507 e. The van der Waals surface area contributed by atoms with Crippen molar-refractivity contribution in [1.82, 2.24) is 4.90 Å². The minimum atomic E-state index is -0.701. The second-order valence-corrected chi connectivity index (χ2v) is 6.85.